The lowest BCUT2D eigenvalue weighted by atomic mass is 10.1. The number of hydrogen-bond donors (Lipinski definition) is 2. The number of carboxylic acids is 1. The van der Waals surface area contributed by atoms with Gasteiger partial charge in [-0.05, 0) is 12.1 Å². The van der Waals surface area contributed by atoms with Crippen LogP contribution in [0.5, 0.6) is 5.75 Å². The van der Waals surface area contributed by atoms with Gasteiger partial charge in [0.2, 0.25) is 5.43 Å². The van der Waals surface area contributed by atoms with Crippen molar-refractivity contribution >= 4 is 16.9 Å². The Hall–Kier alpha value is -2.34. The number of carbonyl (C=O) groups is 1. The third-order valence-electron chi connectivity index (χ3n) is 2.85. The number of fused-ring (bicyclic) bond motifs is 1. The van der Waals surface area contributed by atoms with Crippen LogP contribution in [0.25, 0.3) is 10.9 Å². The Labute approximate surface area is 108 Å². The molecule has 2 aromatic rings. The van der Waals surface area contributed by atoms with Gasteiger partial charge >= 0.3 is 5.97 Å². The van der Waals surface area contributed by atoms with Crippen LogP contribution in [-0.2, 0) is 6.54 Å². The number of aliphatic hydroxyl groups excluding tert-OH is 1. The van der Waals surface area contributed by atoms with Gasteiger partial charge in [-0.3, -0.25) is 4.79 Å². The molecule has 0 fully saturated rings. The molecule has 0 saturated heterocycles. The minimum absolute atomic E-state index is 0.172. The second-order valence-corrected chi connectivity index (χ2v) is 3.95. The van der Waals surface area contributed by atoms with Crippen molar-refractivity contribution in [2.24, 2.45) is 0 Å². The molecule has 1 aromatic carbocycles. The number of aromatic carboxylic acids is 1. The summed E-state index contributed by atoms with van der Waals surface area (Å²) in [5.41, 5.74) is -0.404. The summed E-state index contributed by atoms with van der Waals surface area (Å²) >= 11 is 0. The summed E-state index contributed by atoms with van der Waals surface area (Å²) in [6.45, 7) is 0.00646. The van der Waals surface area contributed by atoms with Gasteiger partial charge in [0.25, 0.3) is 0 Å². The van der Waals surface area contributed by atoms with E-state index in [2.05, 4.69) is 0 Å². The van der Waals surface area contributed by atoms with E-state index in [1.807, 2.05) is 0 Å². The first-order chi connectivity index (χ1) is 9.10. The van der Waals surface area contributed by atoms with Crippen molar-refractivity contribution < 1.29 is 19.7 Å². The average molecular weight is 263 g/mol. The Morgan fingerprint density at radius 2 is 2.16 bits per heavy atom. The van der Waals surface area contributed by atoms with Crippen LogP contribution in [0, 0.1) is 0 Å². The Kier molecular flexibility index (Phi) is 3.52. The minimum atomic E-state index is -1.29. The molecule has 0 atom stereocenters. The van der Waals surface area contributed by atoms with E-state index in [-0.39, 0.29) is 24.1 Å². The monoisotopic (exact) mass is 263 g/mol. The van der Waals surface area contributed by atoms with Gasteiger partial charge in [-0.25, -0.2) is 4.79 Å². The van der Waals surface area contributed by atoms with E-state index in [0.29, 0.717) is 11.3 Å². The van der Waals surface area contributed by atoms with Crippen LogP contribution >= 0.6 is 0 Å². The molecule has 0 spiro atoms. The molecule has 6 heteroatoms. The van der Waals surface area contributed by atoms with Gasteiger partial charge < -0.3 is 19.5 Å². The molecule has 0 bridgehead atoms. The van der Waals surface area contributed by atoms with Crippen LogP contribution in [0.1, 0.15) is 10.4 Å². The molecule has 0 aliphatic rings. The first kappa shape index (κ1) is 13.1. The maximum absolute atomic E-state index is 12.1. The Bertz CT molecular complexity index is 689. The second-order valence-electron chi connectivity index (χ2n) is 3.95. The summed E-state index contributed by atoms with van der Waals surface area (Å²) in [7, 11) is 1.47. The lowest BCUT2D eigenvalue weighted by Gasteiger charge is -2.13. The Morgan fingerprint density at radius 1 is 1.42 bits per heavy atom. The summed E-state index contributed by atoms with van der Waals surface area (Å²) < 4.78 is 6.69. The number of methoxy groups -OCH3 is 1. The van der Waals surface area contributed by atoms with Crippen molar-refractivity contribution in [2.45, 2.75) is 6.54 Å². The minimum Gasteiger partial charge on any atom is -0.495 e. The maximum Gasteiger partial charge on any atom is 0.341 e. The van der Waals surface area contributed by atoms with Gasteiger partial charge in [0, 0.05) is 12.7 Å². The van der Waals surface area contributed by atoms with E-state index < -0.39 is 11.4 Å². The summed E-state index contributed by atoms with van der Waals surface area (Å²) in [5.74, 6) is -0.832. The Balaban J connectivity index is 2.92. The van der Waals surface area contributed by atoms with Crippen molar-refractivity contribution in [1.29, 1.82) is 0 Å². The van der Waals surface area contributed by atoms with Crippen LogP contribution in [0.2, 0.25) is 0 Å². The van der Waals surface area contributed by atoms with Crippen LogP contribution in [0.3, 0.4) is 0 Å². The summed E-state index contributed by atoms with van der Waals surface area (Å²) in [5, 5.41) is 18.3. The predicted molar refractivity (Wildman–Crippen MR) is 68.8 cm³/mol. The molecule has 0 aliphatic heterocycles. The van der Waals surface area contributed by atoms with Crippen LogP contribution < -0.4 is 10.2 Å². The fourth-order valence-electron chi connectivity index (χ4n) is 2.03. The number of carboxylic acid groups (broad SMARTS) is 1. The normalized spacial score (nSPS) is 10.6. The standard InChI is InChI=1S/C13H13NO5/c1-19-10-4-2-3-8-11(10)14(5-6-15)7-9(12(8)16)13(17)18/h2-4,7,15H,5-6H2,1H3,(H,17,18). The molecular weight excluding hydrogens is 250 g/mol. The van der Waals surface area contributed by atoms with E-state index in [1.165, 1.54) is 17.9 Å². The molecule has 100 valence electrons. The largest absolute Gasteiger partial charge is 0.495 e. The maximum atomic E-state index is 12.1. The van der Waals surface area contributed by atoms with E-state index in [4.69, 9.17) is 14.9 Å². The van der Waals surface area contributed by atoms with Crippen molar-refractivity contribution in [3.05, 3.63) is 40.2 Å². The van der Waals surface area contributed by atoms with Crippen molar-refractivity contribution in [1.82, 2.24) is 4.57 Å². The SMILES string of the molecule is COc1cccc2c(=O)c(C(=O)O)cn(CCO)c12. The van der Waals surface area contributed by atoms with E-state index >= 15 is 0 Å². The van der Waals surface area contributed by atoms with Gasteiger partial charge in [0.1, 0.15) is 11.3 Å². The highest BCUT2D eigenvalue weighted by atomic mass is 16.5. The highest BCUT2D eigenvalue weighted by Gasteiger charge is 2.16. The number of ether oxygens (including phenoxy) is 1. The van der Waals surface area contributed by atoms with E-state index in [9.17, 15) is 9.59 Å². The number of para-hydroxylation sites is 1. The average Bonchev–Trinajstić information content (AvgIpc) is 2.41. The summed E-state index contributed by atoms with van der Waals surface area (Å²) in [6, 6.07) is 4.84. The van der Waals surface area contributed by atoms with Crippen molar-refractivity contribution in [3.63, 3.8) is 0 Å². The van der Waals surface area contributed by atoms with Crippen LogP contribution in [0.4, 0.5) is 0 Å². The highest BCUT2D eigenvalue weighted by Crippen LogP contribution is 2.23. The Morgan fingerprint density at radius 3 is 2.74 bits per heavy atom. The van der Waals surface area contributed by atoms with Gasteiger partial charge in [0.15, 0.2) is 0 Å². The number of aromatic nitrogens is 1. The molecule has 2 rings (SSSR count). The third-order valence-corrected chi connectivity index (χ3v) is 2.85. The van der Waals surface area contributed by atoms with Gasteiger partial charge in [-0.1, -0.05) is 6.07 Å². The number of hydrogen-bond acceptors (Lipinski definition) is 4. The third kappa shape index (κ3) is 2.17. The van der Waals surface area contributed by atoms with Crippen LogP contribution in [-0.4, -0.2) is 34.5 Å². The molecule has 1 heterocycles. The zero-order valence-electron chi connectivity index (χ0n) is 10.3. The topological polar surface area (TPSA) is 88.8 Å². The summed E-state index contributed by atoms with van der Waals surface area (Å²) in [6.07, 6.45) is 1.23. The molecule has 0 radical (unpaired) electrons. The fraction of sp³-hybridized carbons (Fsp3) is 0.231. The van der Waals surface area contributed by atoms with Crippen molar-refractivity contribution in [2.75, 3.05) is 13.7 Å². The first-order valence-corrected chi connectivity index (χ1v) is 5.64. The van der Waals surface area contributed by atoms with Crippen molar-refractivity contribution in [3.8, 4) is 5.75 Å². The number of benzene rings is 1. The zero-order chi connectivity index (χ0) is 14.0. The smallest absolute Gasteiger partial charge is 0.341 e. The number of pyridine rings is 1. The molecule has 6 nitrogen and oxygen atoms in total. The lowest BCUT2D eigenvalue weighted by Crippen LogP contribution is -2.20. The zero-order valence-corrected chi connectivity index (χ0v) is 10.3. The van der Waals surface area contributed by atoms with Gasteiger partial charge in [-0.2, -0.15) is 0 Å². The molecular formula is C13H13NO5. The van der Waals surface area contributed by atoms with E-state index in [1.54, 1.807) is 18.2 Å². The van der Waals surface area contributed by atoms with Gasteiger partial charge in [0.05, 0.1) is 24.6 Å². The molecule has 0 saturated carbocycles. The van der Waals surface area contributed by atoms with E-state index in [0.717, 1.165) is 0 Å². The number of nitrogens with zero attached hydrogens (tertiary/aromatic N) is 1. The van der Waals surface area contributed by atoms with Crippen LogP contribution in [0.15, 0.2) is 29.2 Å². The number of rotatable bonds is 4. The molecule has 0 aliphatic carbocycles. The predicted octanol–water partition coefficient (Wildman–Crippen LogP) is 0.701. The molecule has 0 amide bonds. The first-order valence-electron chi connectivity index (χ1n) is 5.64. The quantitative estimate of drug-likeness (QED) is 0.847. The second kappa shape index (κ2) is 5.11. The lowest BCUT2D eigenvalue weighted by molar-refractivity contribution is 0.0694. The molecule has 2 N–H and O–H groups in total. The molecule has 1 aromatic heterocycles. The summed E-state index contributed by atoms with van der Waals surface area (Å²) in [4.78, 5) is 23.2. The molecule has 19 heavy (non-hydrogen) atoms. The highest BCUT2D eigenvalue weighted by molar-refractivity contribution is 5.94. The number of aliphatic hydroxyl groups is 1. The molecule has 0 unspecified atom stereocenters. The fourth-order valence-corrected chi connectivity index (χ4v) is 2.03. The van der Waals surface area contributed by atoms with Gasteiger partial charge in [-0.15, -0.1) is 0 Å².